The monoisotopic (exact) mass is 755 g/mol. The molecule has 0 atom stereocenters. The molecule has 0 aliphatic heterocycles. The fourth-order valence-electron chi connectivity index (χ4n) is 0. The molecule has 0 aromatic carbocycles. The summed E-state index contributed by atoms with van der Waals surface area (Å²) in [6.45, 7) is 0. The Bertz CT molecular complexity index is 61.9. The number of rotatable bonds is 0. The Kier molecular flexibility index (Phi) is 46.6. The zero-order valence-corrected chi connectivity index (χ0v) is 16.3. The Morgan fingerprint density at radius 2 is 0.889 bits per heavy atom. The van der Waals surface area contributed by atoms with E-state index in [2.05, 4.69) is 0 Å². The third kappa shape index (κ3) is 78.5. The molecule has 0 radical (unpaired) electrons. The Morgan fingerprint density at radius 1 is 0.889 bits per heavy atom. The van der Waals surface area contributed by atoms with Gasteiger partial charge < -0.3 is 14.7 Å². The Balaban J connectivity index is -0.0000000133. The van der Waals surface area contributed by atoms with Gasteiger partial charge in [-0.3, -0.25) is 0 Å². The molecule has 0 aromatic heterocycles. The van der Waals surface area contributed by atoms with Gasteiger partial charge in [0, 0.05) is 0 Å². The van der Waals surface area contributed by atoms with E-state index < -0.39 is 7.82 Å². The van der Waals surface area contributed by atoms with Gasteiger partial charge in [-0.15, -0.1) is 0 Å². The van der Waals surface area contributed by atoms with Crippen molar-refractivity contribution in [2.75, 3.05) is 0 Å². The molecular formula is H10NaO4PPo3. The number of phosphoric acid groups is 1. The summed E-state index contributed by atoms with van der Waals surface area (Å²) in [5.74, 6) is 0. The van der Waals surface area contributed by atoms with Gasteiger partial charge in [-0.25, -0.2) is 4.57 Å². The van der Waals surface area contributed by atoms with Crippen LogP contribution in [-0.2, 0) is 4.57 Å². The first kappa shape index (κ1) is 29.3. The first-order valence-electron chi connectivity index (χ1n) is 0.783. The van der Waals surface area contributed by atoms with Crippen molar-refractivity contribution in [3.8, 4) is 0 Å². The molecule has 0 fully saturated rings. The van der Waals surface area contributed by atoms with Crippen molar-refractivity contribution < 1.29 is 19.2 Å². The van der Waals surface area contributed by atoms with Crippen LogP contribution in [0.1, 0.15) is 0 Å². The van der Waals surface area contributed by atoms with Gasteiger partial charge in [0.05, 0.1) is 0 Å². The predicted molar refractivity (Wildman–Crippen MR) is 47.0 cm³/mol. The average molecular weight is 755 g/mol. The molecule has 0 amide bonds. The van der Waals surface area contributed by atoms with Gasteiger partial charge >= 0.3 is 117 Å². The number of hydrogen-bond donors (Lipinski definition) is 3. The van der Waals surface area contributed by atoms with E-state index in [4.69, 9.17) is 19.2 Å². The summed E-state index contributed by atoms with van der Waals surface area (Å²) in [4.78, 5) is 21.6. The van der Waals surface area contributed by atoms with Gasteiger partial charge in [-0.05, 0) is 0 Å². The third-order valence-corrected chi connectivity index (χ3v) is 0. The normalized spacial score (nSPS) is 6.56. The van der Waals surface area contributed by atoms with Crippen molar-refractivity contribution in [2.45, 2.75) is 0 Å². The number of hydrogen-bond acceptors (Lipinski definition) is 1. The summed E-state index contributed by atoms with van der Waals surface area (Å²) < 4.78 is 8.88. The minimum atomic E-state index is -4.64. The van der Waals surface area contributed by atoms with Crippen LogP contribution in [0, 0.1) is 0 Å². The Morgan fingerprint density at radius 3 is 0.889 bits per heavy atom. The first-order valence-corrected chi connectivity index (χ1v) is 2.35. The molecule has 0 aliphatic rings. The van der Waals surface area contributed by atoms with Crippen LogP contribution in [0.15, 0.2) is 0 Å². The zero-order valence-electron chi connectivity index (χ0n) is 3.70. The molecule has 0 saturated heterocycles. The molecule has 0 unspecified atom stereocenters. The molecule has 0 rings (SSSR count). The van der Waals surface area contributed by atoms with E-state index in [1.807, 2.05) is 0 Å². The molecule has 9 heavy (non-hydrogen) atoms. The molecule has 0 aliphatic carbocycles. The molecule has 3 N–H and O–H groups in total. The van der Waals surface area contributed by atoms with Crippen LogP contribution >= 0.6 is 7.82 Å². The van der Waals surface area contributed by atoms with E-state index in [0.717, 1.165) is 0 Å². The standard InChI is InChI=1S/Na.H3O4P.3Po.7H/c;1-5(2,3)4;;;;;;;;;;/h;(H3,1,2,3,4);;;;;;;;;;. The second-order valence-corrected chi connectivity index (χ2v) is 1.54. The Hall–Kier alpha value is 3.80. The molecule has 58 valence electrons. The van der Waals surface area contributed by atoms with E-state index in [9.17, 15) is 0 Å². The van der Waals surface area contributed by atoms with Crippen molar-refractivity contribution >= 4 is 117 Å². The van der Waals surface area contributed by atoms with Crippen LogP contribution in [0.2, 0.25) is 0 Å². The molecule has 9 heteroatoms. The van der Waals surface area contributed by atoms with Crippen LogP contribution in [-0.4, -0.2) is 124 Å². The quantitative estimate of drug-likeness (QED) is 0.173. The molecule has 0 saturated carbocycles. The predicted octanol–water partition coefficient (Wildman–Crippen LogP) is -4.33. The zero-order chi connectivity index (χ0) is 4.50. The topological polar surface area (TPSA) is 77.8 Å². The summed E-state index contributed by atoms with van der Waals surface area (Å²) in [7, 11) is -4.64. The van der Waals surface area contributed by atoms with Gasteiger partial charge in [0.15, 0.2) is 0 Å². The second kappa shape index (κ2) is 14.3. The minimum absolute atomic E-state index is 0. The van der Waals surface area contributed by atoms with Crippen molar-refractivity contribution in [1.82, 2.24) is 0 Å². The van der Waals surface area contributed by atoms with Crippen LogP contribution in [0.5, 0.6) is 0 Å². The summed E-state index contributed by atoms with van der Waals surface area (Å²) in [5.41, 5.74) is 0. The maximum absolute atomic E-state index is 8.88. The van der Waals surface area contributed by atoms with Crippen LogP contribution < -0.4 is 0 Å². The summed E-state index contributed by atoms with van der Waals surface area (Å²) in [5, 5.41) is 0. The third-order valence-electron chi connectivity index (χ3n) is 0. The first-order chi connectivity index (χ1) is 2.00. The van der Waals surface area contributed by atoms with Crippen molar-refractivity contribution in [3.63, 3.8) is 0 Å². The van der Waals surface area contributed by atoms with Crippen LogP contribution in [0.25, 0.3) is 0 Å². The van der Waals surface area contributed by atoms with E-state index in [0.29, 0.717) is 0 Å². The molecular weight excluding hydrogens is 745 g/mol. The Labute approximate surface area is 133 Å². The van der Waals surface area contributed by atoms with E-state index in [1.54, 1.807) is 0 Å². The fourth-order valence-corrected chi connectivity index (χ4v) is 0. The van der Waals surface area contributed by atoms with Gasteiger partial charge in [0.2, 0.25) is 0 Å². The average Bonchev–Trinajstić information content (AvgIpc) is 0.722. The molecule has 0 heterocycles. The summed E-state index contributed by atoms with van der Waals surface area (Å²) >= 11 is 0. The van der Waals surface area contributed by atoms with Gasteiger partial charge in [-0.2, -0.15) is 0 Å². The van der Waals surface area contributed by atoms with E-state index in [1.165, 1.54) is 0 Å². The van der Waals surface area contributed by atoms with Gasteiger partial charge in [0.1, 0.15) is 0 Å². The van der Waals surface area contributed by atoms with Crippen molar-refractivity contribution in [1.29, 1.82) is 0 Å². The molecule has 0 aromatic rings. The van der Waals surface area contributed by atoms with Crippen molar-refractivity contribution in [3.05, 3.63) is 0 Å². The van der Waals surface area contributed by atoms with E-state index in [-0.39, 0.29) is 109 Å². The van der Waals surface area contributed by atoms with Gasteiger partial charge in [0.25, 0.3) is 0 Å². The molecule has 4 nitrogen and oxygen atoms in total. The SMILES string of the molecule is O=P(O)(O)O.[NaH].[PoH2].[PoH2].[PoH2]. The molecule has 0 bridgehead atoms. The van der Waals surface area contributed by atoms with Gasteiger partial charge in [-0.1, -0.05) is 0 Å². The van der Waals surface area contributed by atoms with Crippen LogP contribution in [0.4, 0.5) is 0 Å². The second-order valence-electron chi connectivity index (χ2n) is 0.513. The summed E-state index contributed by atoms with van der Waals surface area (Å²) in [6.07, 6.45) is 0. The summed E-state index contributed by atoms with van der Waals surface area (Å²) in [6, 6.07) is 0. The van der Waals surface area contributed by atoms with Crippen molar-refractivity contribution in [2.24, 2.45) is 0 Å². The maximum atomic E-state index is 8.88. The molecule has 0 spiro atoms. The van der Waals surface area contributed by atoms with E-state index >= 15 is 0 Å². The van der Waals surface area contributed by atoms with Crippen LogP contribution in [0.3, 0.4) is 0 Å². The fraction of sp³-hybridized carbons (Fsp3) is 0.